The van der Waals surface area contributed by atoms with Crippen LogP contribution in [0.25, 0.3) is 0 Å². The van der Waals surface area contributed by atoms with E-state index in [1.807, 2.05) is 0 Å². The lowest BCUT2D eigenvalue weighted by Gasteiger charge is -2.16. The molecule has 5 heteroatoms. The van der Waals surface area contributed by atoms with Crippen molar-refractivity contribution in [1.82, 2.24) is 4.31 Å². The van der Waals surface area contributed by atoms with E-state index in [0.717, 1.165) is 0 Å². The zero-order chi connectivity index (χ0) is 14.2. The molecule has 1 heterocycles. The fraction of sp³-hybridized carbons (Fsp3) is 0.500. The van der Waals surface area contributed by atoms with Gasteiger partial charge in [-0.2, -0.15) is 4.31 Å². The zero-order valence-corrected chi connectivity index (χ0v) is 12.3. The Morgan fingerprint density at radius 1 is 1.21 bits per heavy atom. The van der Waals surface area contributed by atoms with E-state index in [9.17, 15) is 13.2 Å². The molecule has 0 N–H and O–H groups in total. The molecule has 0 bridgehead atoms. The topological polar surface area (TPSA) is 54.5 Å². The van der Waals surface area contributed by atoms with Crippen LogP contribution in [0.2, 0.25) is 0 Å². The van der Waals surface area contributed by atoms with E-state index in [4.69, 9.17) is 0 Å². The Balaban J connectivity index is 2.35. The van der Waals surface area contributed by atoms with Crippen molar-refractivity contribution in [2.75, 3.05) is 13.1 Å². The molecule has 1 aliphatic heterocycles. The Hall–Kier alpha value is -1.20. The Kier molecular flexibility index (Phi) is 3.78. The number of nitrogens with zero attached hydrogens (tertiary/aromatic N) is 1. The summed E-state index contributed by atoms with van der Waals surface area (Å²) < 4.78 is 26.5. The number of carbonyl (C=O) groups excluding carboxylic acids is 1. The quantitative estimate of drug-likeness (QED) is 0.798. The summed E-state index contributed by atoms with van der Waals surface area (Å²) in [7, 11) is -3.48. The number of ketones is 1. The molecule has 2 unspecified atom stereocenters. The average Bonchev–Trinajstić information content (AvgIpc) is 2.70. The Labute approximate surface area is 114 Å². The summed E-state index contributed by atoms with van der Waals surface area (Å²) in [5.74, 6) is 0.608. The molecule has 0 amide bonds. The summed E-state index contributed by atoms with van der Waals surface area (Å²) in [6.07, 6.45) is 0. The summed E-state index contributed by atoms with van der Waals surface area (Å²) in [5, 5.41) is 0. The predicted octanol–water partition coefficient (Wildman–Crippen LogP) is 2.17. The summed E-state index contributed by atoms with van der Waals surface area (Å²) >= 11 is 0. The van der Waals surface area contributed by atoms with Gasteiger partial charge in [0.25, 0.3) is 0 Å². The van der Waals surface area contributed by atoms with Crippen LogP contribution >= 0.6 is 0 Å². The minimum absolute atomic E-state index is 0.125. The second-order valence-electron chi connectivity index (χ2n) is 5.36. The van der Waals surface area contributed by atoms with E-state index in [1.54, 1.807) is 18.2 Å². The highest BCUT2D eigenvalue weighted by atomic mass is 32.2. The molecule has 0 aliphatic carbocycles. The lowest BCUT2D eigenvalue weighted by molar-refractivity contribution is 0.101. The Morgan fingerprint density at radius 3 is 2.32 bits per heavy atom. The lowest BCUT2D eigenvalue weighted by Crippen LogP contribution is -2.29. The first kappa shape index (κ1) is 14.2. The summed E-state index contributed by atoms with van der Waals surface area (Å²) in [5.41, 5.74) is 0.432. The normalized spacial score (nSPS) is 24.6. The number of rotatable bonds is 3. The van der Waals surface area contributed by atoms with E-state index < -0.39 is 10.0 Å². The fourth-order valence-electron chi connectivity index (χ4n) is 2.30. The third kappa shape index (κ3) is 2.72. The van der Waals surface area contributed by atoms with Crippen LogP contribution in [0.1, 0.15) is 31.1 Å². The summed E-state index contributed by atoms with van der Waals surface area (Å²) in [6.45, 7) is 6.66. The van der Waals surface area contributed by atoms with Crippen LogP contribution in [-0.4, -0.2) is 31.6 Å². The molecule has 1 saturated heterocycles. The molecule has 0 aromatic heterocycles. The molecule has 104 valence electrons. The zero-order valence-electron chi connectivity index (χ0n) is 11.5. The van der Waals surface area contributed by atoms with Gasteiger partial charge in [-0.05, 0) is 30.9 Å². The second kappa shape index (κ2) is 5.06. The largest absolute Gasteiger partial charge is 0.295 e. The van der Waals surface area contributed by atoms with Crippen LogP contribution in [0.3, 0.4) is 0 Å². The maximum absolute atomic E-state index is 12.5. The molecule has 1 aromatic carbocycles. The highest BCUT2D eigenvalue weighted by molar-refractivity contribution is 7.89. The van der Waals surface area contributed by atoms with Crippen molar-refractivity contribution in [3.05, 3.63) is 29.8 Å². The van der Waals surface area contributed by atoms with E-state index in [1.165, 1.54) is 17.3 Å². The highest BCUT2D eigenvalue weighted by Crippen LogP contribution is 2.28. The highest BCUT2D eigenvalue weighted by Gasteiger charge is 2.34. The molecule has 0 saturated carbocycles. The van der Waals surface area contributed by atoms with Crippen molar-refractivity contribution >= 4 is 15.8 Å². The number of sulfonamides is 1. The van der Waals surface area contributed by atoms with Crippen molar-refractivity contribution in [2.45, 2.75) is 25.7 Å². The van der Waals surface area contributed by atoms with E-state index in [-0.39, 0.29) is 10.7 Å². The molecule has 2 atom stereocenters. The van der Waals surface area contributed by atoms with Gasteiger partial charge in [0.2, 0.25) is 10.0 Å². The molecule has 0 radical (unpaired) electrons. The SMILES string of the molecule is CC(=O)c1cccc(S(=O)(=O)N2CC(C)C(C)C2)c1. The van der Waals surface area contributed by atoms with Gasteiger partial charge in [0, 0.05) is 18.7 Å². The molecular weight excluding hydrogens is 262 g/mol. The van der Waals surface area contributed by atoms with Crippen LogP contribution in [-0.2, 0) is 10.0 Å². The van der Waals surface area contributed by atoms with Crippen LogP contribution in [0.5, 0.6) is 0 Å². The minimum Gasteiger partial charge on any atom is -0.295 e. The number of benzene rings is 1. The van der Waals surface area contributed by atoms with Crippen molar-refractivity contribution < 1.29 is 13.2 Å². The summed E-state index contributed by atoms with van der Waals surface area (Å²) in [4.78, 5) is 11.6. The number of Topliss-reactive ketones (excluding diaryl/α,β-unsaturated/α-hetero) is 1. The monoisotopic (exact) mass is 281 g/mol. The van der Waals surface area contributed by atoms with Gasteiger partial charge in [0.05, 0.1) is 4.90 Å². The van der Waals surface area contributed by atoms with Gasteiger partial charge in [0.1, 0.15) is 0 Å². The maximum atomic E-state index is 12.5. The first-order chi connectivity index (χ1) is 8.82. The van der Waals surface area contributed by atoms with Crippen LogP contribution in [0.15, 0.2) is 29.2 Å². The van der Waals surface area contributed by atoms with Crippen LogP contribution in [0.4, 0.5) is 0 Å². The van der Waals surface area contributed by atoms with E-state index >= 15 is 0 Å². The first-order valence-electron chi connectivity index (χ1n) is 6.43. The summed E-state index contributed by atoms with van der Waals surface area (Å²) in [6, 6.07) is 6.27. The molecule has 1 aromatic rings. The Bertz CT molecular complexity index is 584. The third-order valence-electron chi connectivity index (χ3n) is 3.83. The van der Waals surface area contributed by atoms with E-state index in [0.29, 0.717) is 30.5 Å². The van der Waals surface area contributed by atoms with Gasteiger partial charge in [-0.15, -0.1) is 0 Å². The molecule has 2 rings (SSSR count). The van der Waals surface area contributed by atoms with Crippen molar-refractivity contribution in [1.29, 1.82) is 0 Å². The number of carbonyl (C=O) groups is 1. The minimum atomic E-state index is -3.48. The third-order valence-corrected chi connectivity index (χ3v) is 5.66. The number of hydrogen-bond donors (Lipinski definition) is 0. The van der Waals surface area contributed by atoms with Gasteiger partial charge in [-0.1, -0.05) is 26.0 Å². The lowest BCUT2D eigenvalue weighted by atomic mass is 10.0. The fourth-order valence-corrected chi connectivity index (χ4v) is 3.99. The van der Waals surface area contributed by atoms with Gasteiger partial charge >= 0.3 is 0 Å². The molecule has 4 nitrogen and oxygen atoms in total. The number of hydrogen-bond acceptors (Lipinski definition) is 3. The smallest absolute Gasteiger partial charge is 0.243 e. The molecule has 1 aliphatic rings. The molecule has 0 spiro atoms. The van der Waals surface area contributed by atoms with Crippen molar-refractivity contribution in [3.8, 4) is 0 Å². The van der Waals surface area contributed by atoms with E-state index in [2.05, 4.69) is 13.8 Å². The van der Waals surface area contributed by atoms with Crippen molar-refractivity contribution in [3.63, 3.8) is 0 Å². The maximum Gasteiger partial charge on any atom is 0.243 e. The van der Waals surface area contributed by atoms with Gasteiger partial charge in [-0.25, -0.2) is 8.42 Å². The molecule has 1 fully saturated rings. The van der Waals surface area contributed by atoms with Crippen molar-refractivity contribution in [2.24, 2.45) is 11.8 Å². The van der Waals surface area contributed by atoms with Gasteiger partial charge in [0.15, 0.2) is 5.78 Å². The molecular formula is C14H19NO3S. The van der Waals surface area contributed by atoms with Crippen LogP contribution < -0.4 is 0 Å². The standard InChI is InChI=1S/C14H19NO3S/c1-10-8-15(9-11(10)2)19(17,18)14-6-4-5-13(7-14)12(3)16/h4-7,10-11H,8-9H2,1-3H3. The molecule has 19 heavy (non-hydrogen) atoms. The van der Waals surface area contributed by atoms with Gasteiger partial charge in [-0.3, -0.25) is 4.79 Å². The first-order valence-corrected chi connectivity index (χ1v) is 7.87. The van der Waals surface area contributed by atoms with Gasteiger partial charge < -0.3 is 0 Å². The second-order valence-corrected chi connectivity index (χ2v) is 7.30. The Morgan fingerprint density at radius 2 is 1.79 bits per heavy atom. The van der Waals surface area contributed by atoms with Crippen LogP contribution in [0, 0.1) is 11.8 Å². The average molecular weight is 281 g/mol. The predicted molar refractivity (Wildman–Crippen MR) is 73.5 cm³/mol.